The normalized spacial score (nSPS) is 10.7. The van der Waals surface area contributed by atoms with Crippen molar-refractivity contribution >= 4 is 11.6 Å². The van der Waals surface area contributed by atoms with Gasteiger partial charge in [-0.1, -0.05) is 11.6 Å². The largest absolute Gasteiger partial charge is 0.495 e. The van der Waals surface area contributed by atoms with Gasteiger partial charge in [0.25, 0.3) is 0 Å². The maximum absolute atomic E-state index is 6.13. The van der Waals surface area contributed by atoms with E-state index in [1.165, 1.54) is 0 Å². The first-order valence-corrected chi connectivity index (χ1v) is 6.13. The van der Waals surface area contributed by atoms with Crippen LogP contribution in [0.4, 0.5) is 0 Å². The van der Waals surface area contributed by atoms with Crippen molar-refractivity contribution in [3.8, 4) is 17.0 Å². The van der Waals surface area contributed by atoms with Gasteiger partial charge in [0.1, 0.15) is 5.75 Å². The highest BCUT2D eigenvalue weighted by Crippen LogP contribution is 2.31. The van der Waals surface area contributed by atoms with Crippen LogP contribution in [0.15, 0.2) is 18.2 Å². The van der Waals surface area contributed by atoms with E-state index in [1.807, 2.05) is 25.1 Å². The summed E-state index contributed by atoms with van der Waals surface area (Å²) in [6.07, 6.45) is 0.793. The predicted octanol–water partition coefficient (Wildman–Crippen LogP) is 2.55. The number of nitrogens with zero attached hydrogens (tertiary/aromatic N) is 1. The van der Waals surface area contributed by atoms with Crippen molar-refractivity contribution in [2.75, 3.05) is 13.7 Å². The molecule has 0 radical (unpaired) electrons. The lowest BCUT2D eigenvalue weighted by atomic mass is 10.0. The molecule has 3 N–H and O–H groups in total. The summed E-state index contributed by atoms with van der Waals surface area (Å²) in [5.41, 5.74) is 9.68. The lowest BCUT2D eigenvalue weighted by Gasteiger charge is -2.06. The number of halogens is 1. The maximum Gasteiger partial charge on any atom is 0.137 e. The zero-order valence-electron chi connectivity index (χ0n) is 10.5. The van der Waals surface area contributed by atoms with Crippen molar-refractivity contribution in [2.45, 2.75) is 13.3 Å². The first-order valence-electron chi connectivity index (χ1n) is 5.75. The molecule has 0 fully saturated rings. The van der Waals surface area contributed by atoms with E-state index in [0.717, 1.165) is 28.9 Å². The molecule has 96 valence electrons. The lowest BCUT2D eigenvalue weighted by Crippen LogP contribution is -2.04. The van der Waals surface area contributed by atoms with Gasteiger partial charge < -0.3 is 10.5 Å². The zero-order valence-corrected chi connectivity index (χ0v) is 11.2. The van der Waals surface area contributed by atoms with E-state index in [2.05, 4.69) is 10.2 Å². The second-order valence-electron chi connectivity index (χ2n) is 4.06. The molecule has 1 heterocycles. The summed E-state index contributed by atoms with van der Waals surface area (Å²) in [4.78, 5) is 0. The van der Waals surface area contributed by atoms with Gasteiger partial charge in [-0.15, -0.1) is 0 Å². The number of nitrogens with one attached hydrogen (secondary N) is 1. The van der Waals surface area contributed by atoms with Crippen LogP contribution in [0.25, 0.3) is 11.3 Å². The molecule has 5 heteroatoms. The SMILES string of the molecule is COc1ccc(-c2n[nH]c(C)c2CCN)cc1Cl. The van der Waals surface area contributed by atoms with Crippen molar-refractivity contribution in [3.63, 3.8) is 0 Å². The predicted molar refractivity (Wildman–Crippen MR) is 73.1 cm³/mol. The summed E-state index contributed by atoms with van der Waals surface area (Å²) < 4.78 is 5.14. The van der Waals surface area contributed by atoms with Crippen molar-refractivity contribution < 1.29 is 4.74 Å². The molecule has 2 rings (SSSR count). The van der Waals surface area contributed by atoms with Crippen molar-refractivity contribution in [1.82, 2.24) is 10.2 Å². The van der Waals surface area contributed by atoms with Crippen molar-refractivity contribution in [3.05, 3.63) is 34.5 Å². The van der Waals surface area contributed by atoms with Gasteiger partial charge in [-0.2, -0.15) is 5.10 Å². The zero-order chi connectivity index (χ0) is 13.1. The molecule has 0 unspecified atom stereocenters. The summed E-state index contributed by atoms with van der Waals surface area (Å²) in [6.45, 7) is 2.59. The summed E-state index contributed by atoms with van der Waals surface area (Å²) in [5.74, 6) is 0.660. The van der Waals surface area contributed by atoms with E-state index in [0.29, 0.717) is 17.3 Å². The van der Waals surface area contributed by atoms with Crippen LogP contribution in [-0.2, 0) is 6.42 Å². The van der Waals surface area contributed by atoms with Crippen LogP contribution < -0.4 is 10.5 Å². The fraction of sp³-hybridized carbons (Fsp3) is 0.308. The molecule has 0 aliphatic carbocycles. The van der Waals surface area contributed by atoms with Gasteiger partial charge in [0.2, 0.25) is 0 Å². The number of methoxy groups -OCH3 is 1. The Kier molecular flexibility index (Phi) is 3.89. The number of aromatic nitrogens is 2. The van der Waals surface area contributed by atoms with Crippen LogP contribution in [0.2, 0.25) is 5.02 Å². The van der Waals surface area contributed by atoms with Crippen molar-refractivity contribution in [2.24, 2.45) is 5.73 Å². The van der Waals surface area contributed by atoms with Crippen molar-refractivity contribution in [1.29, 1.82) is 0 Å². The molecule has 18 heavy (non-hydrogen) atoms. The molecule has 1 aromatic heterocycles. The number of benzene rings is 1. The third-order valence-electron chi connectivity index (χ3n) is 2.89. The van der Waals surface area contributed by atoms with Gasteiger partial charge in [-0.05, 0) is 38.1 Å². The highest BCUT2D eigenvalue weighted by atomic mass is 35.5. The van der Waals surface area contributed by atoms with E-state index in [-0.39, 0.29) is 0 Å². The maximum atomic E-state index is 6.13. The summed E-state index contributed by atoms with van der Waals surface area (Å²) in [7, 11) is 1.60. The van der Waals surface area contributed by atoms with Crippen LogP contribution in [0.1, 0.15) is 11.3 Å². The van der Waals surface area contributed by atoms with E-state index in [1.54, 1.807) is 7.11 Å². The van der Waals surface area contributed by atoms with Gasteiger partial charge in [0.15, 0.2) is 0 Å². The fourth-order valence-electron chi connectivity index (χ4n) is 1.96. The van der Waals surface area contributed by atoms with E-state index in [4.69, 9.17) is 22.1 Å². The fourth-order valence-corrected chi connectivity index (χ4v) is 2.21. The Morgan fingerprint density at radius 1 is 1.44 bits per heavy atom. The monoisotopic (exact) mass is 265 g/mol. The molecule has 0 bridgehead atoms. The van der Waals surface area contributed by atoms with Crippen LogP contribution >= 0.6 is 11.6 Å². The minimum Gasteiger partial charge on any atom is -0.495 e. The molecule has 1 aromatic carbocycles. The Labute approximate surface area is 111 Å². The number of hydrogen-bond donors (Lipinski definition) is 2. The standard InChI is InChI=1S/C13H16ClN3O/c1-8-10(5-6-15)13(17-16-8)9-3-4-12(18-2)11(14)7-9/h3-4,7H,5-6,15H2,1-2H3,(H,16,17). The molecule has 0 atom stereocenters. The first-order chi connectivity index (χ1) is 8.67. The van der Waals surface area contributed by atoms with E-state index < -0.39 is 0 Å². The number of nitrogens with two attached hydrogens (primary N) is 1. The van der Waals surface area contributed by atoms with Gasteiger partial charge in [-0.3, -0.25) is 5.10 Å². The number of H-pyrrole nitrogens is 1. The minimum atomic E-state index is 0.578. The Balaban J connectivity index is 2.45. The van der Waals surface area contributed by atoms with Crippen LogP contribution in [0, 0.1) is 6.92 Å². The molecule has 4 nitrogen and oxygen atoms in total. The molecule has 0 aliphatic rings. The van der Waals surface area contributed by atoms with Gasteiger partial charge in [-0.25, -0.2) is 0 Å². The molecule has 0 saturated heterocycles. The Hall–Kier alpha value is -1.52. The average molecular weight is 266 g/mol. The average Bonchev–Trinajstić information content (AvgIpc) is 2.72. The number of rotatable bonds is 4. The highest BCUT2D eigenvalue weighted by Gasteiger charge is 2.13. The Morgan fingerprint density at radius 3 is 2.83 bits per heavy atom. The molecule has 0 amide bonds. The third kappa shape index (κ3) is 2.35. The third-order valence-corrected chi connectivity index (χ3v) is 3.19. The Bertz CT molecular complexity index is 551. The minimum absolute atomic E-state index is 0.578. The van der Waals surface area contributed by atoms with Gasteiger partial charge in [0.05, 0.1) is 17.8 Å². The topological polar surface area (TPSA) is 63.9 Å². The Morgan fingerprint density at radius 2 is 2.22 bits per heavy atom. The second-order valence-corrected chi connectivity index (χ2v) is 4.47. The molecular formula is C13H16ClN3O. The number of aryl methyl sites for hydroxylation is 1. The van der Waals surface area contributed by atoms with Crippen LogP contribution in [0.3, 0.4) is 0 Å². The summed E-state index contributed by atoms with van der Waals surface area (Å²) >= 11 is 6.13. The van der Waals surface area contributed by atoms with E-state index in [9.17, 15) is 0 Å². The highest BCUT2D eigenvalue weighted by molar-refractivity contribution is 6.32. The molecule has 0 spiro atoms. The molecular weight excluding hydrogens is 250 g/mol. The second kappa shape index (κ2) is 5.42. The summed E-state index contributed by atoms with van der Waals surface area (Å²) in [5, 5.41) is 7.89. The smallest absolute Gasteiger partial charge is 0.137 e. The summed E-state index contributed by atoms with van der Waals surface area (Å²) in [6, 6.07) is 5.64. The first kappa shape index (κ1) is 12.9. The molecule has 0 aliphatic heterocycles. The van der Waals surface area contributed by atoms with Crippen LogP contribution in [0.5, 0.6) is 5.75 Å². The van der Waals surface area contributed by atoms with Gasteiger partial charge in [0, 0.05) is 16.8 Å². The van der Waals surface area contributed by atoms with Crippen LogP contribution in [-0.4, -0.2) is 23.9 Å². The lowest BCUT2D eigenvalue weighted by molar-refractivity contribution is 0.415. The number of ether oxygens (including phenoxy) is 1. The van der Waals surface area contributed by atoms with Gasteiger partial charge >= 0.3 is 0 Å². The quantitative estimate of drug-likeness (QED) is 0.893. The number of aromatic amines is 1. The molecule has 2 aromatic rings. The van der Waals surface area contributed by atoms with E-state index >= 15 is 0 Å². The number of hydrogen-bond acceptors (Lipinski definition) is 3. The molecule has 0 saturated carbocycles.